The fourth-order valence-corrected chi connectivity index (χ4v) is 8.69. The van der Waals surface area contributed by atoms with Crippen LogP contribution < -0.4 is 0 Å². The van der Waals surface area contributed by atoms with Crippen molar-refractivity contribution in [1.29, 1.82) is 0 Å². The molecule has 0 bridgehead atoms. The van der Waals surface area contributed by atoms with Gasteiger partial charge in [0.25, 0.3) is 0 Å². The zero-order valence-corrected chi connectivity index (χ0v) is 27.9. The molecule has 0 radical (unpaired) electrons. The number of hydrogen-bond donors (Lipinski definition) is 0. The SMILES string of the molecule is C(C=NN(C1CCCCCC1)C1CCCCCC1)=NN(C1CCCCCCCCCC1)C1CCCCCCCCCC1. The lowest BCUT2D eigenvalue weighted by molar-refractivity contribution is 0.104. The van der Waals surface area contributed by atoms with E-state index in [-0.39, 0.29) is 0 Å². The highest BCUT2D eigenvalue weighted by Gasteiger charge is 2.27. The molecular formula is C38H70N4. The molecule has 0 aromatic carbocycles. The van der Waals surface area contributed by atoms with E-state index in [1.165, 1.54) is 205 Å². The highest BCUT2D eigenvalue weighted by molar-refractivity contribution is 6.15. The van der Waals surface area contributed by atoms with Crippen LogP contribution in [0.25, 0.3) is 0 Å². The van der Waals surface area contributed by atoms with Crippen molar-refractivity contribution in [1.82, 2.24) is 10.0 Å². The summed E-state index contributed by atoms with van der Waals surface area (Å²) in [7, 11) is 0. The summed E-state index contributed by atoms with van der Waals surface area (Å²) in [6.45, 7) is 0. The molecule has 4 rings (SSSR count). The minimum absolute atomic E-state index is 0.614. The molecule has 0 aromatic heterocycles. The van der Waals surface area contributed by atoms with Gasteiger partial charge < -0.3 is 0 Å². The van der Waals surface area contributed by atoms with Gasteiger partial charge in [0, 0.05) is 24.2 Å². The van der Waals surface area contributed by atoms with Gasteiger partial charge in [-0.05, 0) is 51.4 Å². The van der Waals surface area contributed by atoms with Crippen LogP contribution >= 0.6 is 0 Å². The molecule has 4 heteroatoms. The van der Waals surface area contributed by atoms with E-state index in [0.717, 1.165) is 0 Å². The number of hydrogen-bond acceptors (Lipinski definition) is 4. The van der Waals surface area contributed by atoms with Gasteiger partial charge in [0.1, 0.15) is 0 Å². The van der Waals surface area contributed by atoms with E-state index in [4.69, 9.17) is 10.2 Å². The average molecular weight is 583 g/mol. The molecule has 0 atom stereocenters. The quantitative estimate of drug-likeness (QED) is 0.170. The molecule has 0 amide bonds. The minimum Gasteiger partial charge on any atom is -0.291 e. The van der Waals surface area contributed by atoms with Crippen molar-refractivity contribution in [2.45, 2.75) is 230 Å². The second kappa shape index (κ2) is 21.6. The van der Waals surface area contributed by atoms with Crippen molar-refractivity contribution < 1.29 is 0 Å². The zero-order valence-electron chi connectivity index (χ0n) is 27.9. The molecule has 0 N–H and O–H groups in total. The van der Waals surface area contributed by atoms with Gasteiger partial charge in [-0.2, -0.15) is 10.2 Å². The lowest BCUT2D eigenvalue weighted by Crippen LogP contribution is -2.40. The molecule has 4 fully saturated rings. The maximum Gasteiger partial charge on any atom is 0.0671 e. The summed E-state index contributed by atoms with van der Waals surface area (Å²) in [5.74, 6) is 0. The predicted octanol–water partition coefficient (Wildman–Crippen LogP) is 11.6. The Labute approximate surface area is 261 Å². The first-order valence-electron chi connectivity index (χ1n) is 19.5. The van der Waals surface area contributed by atoms with Gasteiger partial charge in [-0.25, -0.2) is 0 Å². The molecule has 0 heterocycles. The second-order valence-electron chi connectivity index (χ2n) is 14.7. The molecule has 4 nitrogen and oxygen atoms in total. The van der Waals surface area contributed by atoms with Crippen LogP contribution in [0.1, 0.15) is 205 Å². The molecule has 0 saturated heterocycles. The molecule has 242 valence electrons. The molecule has 42 heavy (non-hydrogen) atoms. The van der Waals surface area contributed by atoms with Crippen LogP contribution in [0.4, 0.5) is 0 Å². The number of nitrogens with zero attached hydrogens (tertiary/aromatic N) is 4. The van der Waals surface area contributed by atoms with Gasteiger partial charge in [-0.1, -0.05) is 154 Å². The van der Waals surface area contributed by atoms with Crippen LogP contribution in [0.15, 0.2) is 10.2 Å². The zero-order chi connectivity index (χ0) is 28.9. The topological polar surface area (TPSA) is 31.2 Å². The lowest BCUT2D eigenvalue weighted by Gasteiger charge is -2.37. The van der Waals surface area contributed by atoms with Crippen LogP contribution in [0.2, 0.25) is 0 Å². The summed E-state index contributed by atoms with van der Waals surface area (Å²) < 4.78 is 0. The smallest absolute Gasteiger partial charge is 0.0671 e. The first-order valence-corrected chi connectivity index (χ1v) is 19.5. The molecular weight excluding hydrogens is 512 g/mol. The molecule has 4 aliphatic carbocycles. The average Bonchev–Trinajstić information content (AvgIpc) is 3.48. The summed E-state index contributed by atoms with van der Waals surface area (Å²) in [6.07, 6.45) is 48.9. The van der Waals surface area contributed by atoms with Crippen molar-refractivity contribution in [2.24, 2.45) is 10.2 Å². The van der Waals surface area contributed by atoms with Gasteiger partial charge >= 0.3 is 0 Å². The van der Waals surface area contributed by atoms with Gasteiger partial charge in [-0.3, -0.25) is 10.0 Å². The highest BCUT2D eigenvalue weighted by Crippen LogP contribution is 2.30. The van der Waals surface area contributed by atoms with Gasteiger partial charge in [0.05, 0.1) is 12.4 Å². The third-order valence-electron chi connectivity index (χ3n) is 11.3. The maximum atomic E-state index is 5.40. The Morgan fingerprint density at radius 3 is 0.619 bits per heavy atom. The second-order valence-corrected chi connectivity index (χ2v) is 14.7. The van der Waals surface area contributed by atoms with Crippen LogP contribution in [0.3, 0.4) is 0 Å². The summed E-state index contributed by atoms with van der Waals surface area (Å²) in [5.41, 5.74) is 0. The molecule has 0 aromatic rings. The van der Waals surface area contributed by atoms with Crippen LogP contribution in [0.5, 0.6) is 0 Å². The summed E-state index contributed by atoms with van der Waals surface area (Å²) in [6, 6.07) is 2.51. The molecule has 0 aliphatic heterocycles. The summed E-state index contributed by atoms with van der Waals surface area (Å²) >= 11 is 0. The van der Waals surface area contributed by atoms with E-state index >= 15 is 0 Å². The van der Waals surface area contributed by atoms with E-state index in [0.29, 0.717) is 24.2 Å². The minimum atomic E-state index is 0.614. The van der Waals surface area contributed by atoms with Crippen LogP contribution in [0, 0.1) is 0 Å². The van der Waals surface area contributed by atoms with Crippen molar-refractivity contribution >= 4 is 12.4 Å². The van der Waals surface area contributed by atoms with Gasteiger partial charge in [-0.15, -0.1) is 0 Å². The Hall–Kier alpha value is -1.06. The van der Waals surface area contributed by atoms with E-state index in [9.17, 15) is 0 Å². The van der Waals surface area contributed by atoms with Gasteiger partial charge in [0.2, 0.25) is 0 Å². The van der Waals surface area contributed by atoms with E-state index in [1.54, 1.807) is 0 Å². The van der Waals surface area contributed by atoms with E-state index in [1.807, 2.05) is 0 Å². The molecule has 0 unspecified atom stereocenters. The Morgan fingerprint density at radius 1 is 0.262 bits per heavy atom. The first-order chi connectivity index (χ1) is 20.9. The van der Waals surface area contributed by atoms with Crippen LogP contribution in [-0.2, 0) is 0 Å². The number of hydrazone groups is 2. The van der Waals surface area contributed by atoms with Crippen molar-refractivity contribution in [3.63, 3.8) is 0 Å². The fourth-order valence-electron chi connectivity index (χ4n) is 8.69. The maximum absolute atomic E-state index is 5.40. The largest absolute Gasteiger partial charge is 0.291 e. The molecule has 0 spiro atoms. The highest BCUT2D eigenvalue weighted by atomic mass is 15.5. The molecule has 4 aliphatic rings. The lowest BCUT2D eigenvalue weighted by atomic mass is 9.96. The third kappa shape index (κ3) is 12.9. The Balaban J connectivity index is 1.50. The molecule has 4 saturated carbocycles. The van der Waals surface area contributed by atoms with Crippen molar-refractivity contribution in [3.8, 4) is 0 Å². The number of rotatable bonds is 7. The Bertz CT molecular complexity index is 632. The Morgan fingerprint density at radius 2 is 0.429 bits per heavy atom. The summed E-state index contributed by atoms with van der Waals surface area (Å²) in [5, 5.41) is 16.0. The Kier molecular flexibility index (Phi) is 17.4. The van der Waals surface area contributed by atoms with E-state index in [2.05, 4.69) is 22.4 Å². The van der Waals surface area contributed by atoms with Crippen LogP contribution in [-0.4, -0.2) is 46.6 Å². The standard InChI is InChI=1S/C38H70N4/c1-2-6-10-18-26-35(25-17-9-5-1)41(36-27-19-11-7-3-4-8-12-20-28-36)39-33-34-40-42(37-29-21-13-14-22-30-37)38-31-23-15-16-24-32-38/h33-38H,1-32H2. The summed E-state index contributed by atoms with van der Waals surface area (Å²) in [4.78, 5) is 0. The van der Waals surface area contributed by atoms with Crippen molar-refractivity contribution in [2.75, 3.05) is 0 Å². The normalized spacial score (nSPS) is 25.8. The van der Waals surface area contributed by atoms with Crippen molar-refractivity contribution in [3.05, 3.63) is 0 Å². The fraction of sp³-hybridized carbons (Fsp3) is 0.947. The van der Waals surface area contributed by atoms with Gasteiger partial charge in [0.15, 0.2) is 0 Å². The predicted molar refractivity (Wildman–Crippen MR) is 184 cm³/mol. The third-order valence-corrected chi connectivity index (χ3v) is 11.3. The van der Waals surface area contributed by atoms with E-state index < -0.39 is 0 Å². The monoisotopic (exact) mass is 583 g/mol. The first kappa shape index (κ1) is 33.8.